The molecule has 0 aliphatic carbocycles. The molecule has 0 N–H and O–H groups in total. The fraction of sp³-hybridized carbons (Fsp3) is 0.323. The molecule has 37 heavy (non-hydrogen) atoms. The van der Waals surface area contributed by atoms with Gasteiger partial charge in [0.2, 0.25) is 0 Å². The van der Waals surface area contributed by atoms with Crippen LogP contribution in [0.3, 0.4) is 0 Å². The summed E-state index contributed by atoms with van der Waals surface area (Å²) in [6.07, 6.45) is 2.57. The van der Waals surface area contributed by atoms with Gasteiger partial charge in [0.05, 0.1) is 28.1 Å². The molecule has 0 spiro atoms. The van der Waals surface area contributed by atoms with Crippen molar-refractivity contribution in [2.24, 2.45) is 0 Å². The fourth-order valence-electron chi connectivity index (χ4n) is 5.34. The number of anilines is 1. The summed E-state index contributed by atoms with van der Waals surface area (Å²) in [4.78, 5) is 18.3. The first-order valence-electron chi connectivity index (χ1n) is 13.0. The van der Waals surface area contributed by atoms with Crippen molar-refractivity contribution in [2.75, 3.05) is 4.90 Å². The van der Waals surface area contributed by atoms with Crippen LogP contribution in [0.15, 0.2) is 67.0 Å². The van der Waals surface area contributed by atoms with E-state index < -0.39 is 0 Å². The van der Waals surface area contributed by atoms with E-state index in [0.717, 1.165) is 46.1 Å². The Balaban J connectivity index is 1.55. The molecule has 0 atom stereocenters. The molecule has 0 fully saturated rings. The smallest absolute Gasteiger partial charge is 0.150 e. The van der Waals surface area contributed by atoms with Crippen LogP contribution in [-0.2, 0) is 30.9 Å². The lowest BCUT2D eigenvalue weighted by Gasteiger charge is -2.33. The molecule has 0 bridgehead atoms. The van der Waals surface area contributed by atoms with E-state index in [2.05, 4.69) is 93.3 Å². The monoisotopic (exact) mass is 508 g/mol. The van der Waals surface area contributed by atoms with E-state index in [1.54, 1.807) is 17.7 Å². The molecule has 3 aromatic heterocycles. The van der Waals surface area contributed by atoms with E-state index in [9.17, 15) is 0 Å². The number of thiophene rings is 1. The average molecular weight is 509 g/mol. The molecule has 0 saturated carbocycles. The minimum Gasteiger partial charge on any atom is -0.370 e. The largest absolute Gasteiger partial charge is 0.370 e. The van der Waals surface area contributed by atoms with E-state index in [4.69, 9.17) is 19.7 Å². The fourth-order valence-corrected chi connectivity index (χ4v) is 6.52. The van der Waals surface area contributed by atoms with Gasteiger partial charge in [0.1, 0.15) is 11.2 Å². The number of benzene rings is 2. The number of hydrogen-bond donors (Lipinski definition) is 0. The highest BCUT2D eigenvalue weighted by molar-refractivity contribution is 7.26. The van der Waals surface area contributed by atoms with Crippen molar-refractivity contribution in [2.45, 2.75) is 65.3 Å². The predicted molar refractivity (Wildman–Crippen MR) is 152 cm³/mol. The molecule has 6 heteroatoms. The first kappa shape index (κ1) is 24.0. The number of rotatable bonds is 6. The second-order valence-corrected chi connectivity index (χ2v) is 11.8. The minimum absolute atomic E-state index is 0.216. The molecule has 1 aliphatic heterocycles. The maximum atomic E-state index is 6.24. The summed E-state index contributed by atoms with van der Waals surface area (Å²) < 4.78 is 7.34. The highest BCUT2D eigenvalue weighted by Gasteiger charge is 2.32. The predicted octanol–water partition coefficient (Wildman–Crippen LogP) is 7.42. The molecule has 6 rings (SSSR count). The molecule has 0 amide bonds. The number of aromatic nitrogens is 3. The number of ether oxygens (including phenoxy) is 1. The van der Waals surface area contributed by atoms with Gasteiger partial charge < -0.3 is 9.64 Å². The van der Waals surface area contributed by atoms with Crippen molar-refractivity contribution in [1.29, 1.82) is 0 Å². The van der Waals surface area contributed by atoms with Crippen LogP contribution in [0.2, 0.25) is 0 Å². The van der Waals surface area contributed by atoms with E-state index in [-0.39, 0.29) is 5.60 Å². The van der Waals surface area contributed by atoms with Crippen molar-refractivity contribution in [3.05, 3.63) is 94.9 Å². The van der Waals surface area contributed by atoms with Gasteiger partial charge in [-0.25, -0.2) is 15.0 Å². The topological polar surface area (TPSA) is 51.1 Å². The van der Waals surface area contributed by atoms with Crippen molar-refractivity contribution >= 4 is 37.6 Å². The lowest BCUT2D eigenvalue weighted by atomic mass is 9.87. The van der Waals surface area contributed by atoms with Gasteiger partial charge >= 0.3 is 0 Å². The van der Waals surface area contributed by atoms with Gasteiger partial charge in [-0.05, 0) is 36.5 Å². The Kier molecular flexibility index (Phi) is 6.17. The molecule has 0 radical (unpaired) electrons. The van der Waals surface area contributed by atoms with Gasteiger partial charge in [-0.15, -0.1) is 11.3 Å². The van der Waals surface area contributed by atoms with Crippen LogP contribution < -0.4 is 4.90 Å². The minimum atomic E-state index is -0.216. The lowest BCUT2D eigenvalue weighted by Crippen LogP contribution is -2.33. The third-order valence-electron chi connectivity index (χ3n) is 7.12. The molecule has 4 heterocycles. The Morgan fingerprint density at radius 1 is 0.919 bits per heavy atom. The number of fused-ring (bicyclic) bond motifs is 5. The third-order valence-corrected chi connectivity index (χ3v) is 8.19. The first-order chi connectivity index (χ1) is 17.9. The SMILES string of the molecule is CC(C)c1nc2sc3c(N(Cc4ccccc4)Cc4ccccc4)ncnc3c2c2c1COC(C)(C)C2. The van der Waals surface area contributed by atoms with Crippen LogP contribution in [0.5, 0.6) is 0 Å². The number of hydrogen-bond acceptors (Lipinski definition) is 6. The summed E-state index contributed by atoms with van der Waals surface area (Å²) in [6, 6.07) is 21.2. The molecule has 2 aromatic carbocycles. The van der Waals surface area contributed by atoms with Gasteiger partial charge in [-0.2, -0.15) is 0 Å². The standard InChI is InChI=1S/C31H32N4OS/c1-20(2)26-24-18-36-31(3,4)15-23(24)25-27-28(37-30(25)34-26)29(33-19-32-27)35(16-21-11-7-5-8-12-21)17-22-13-9-6-10-14-22/h5-14,19-20H,15-18H2,1-4H3. The van der Waals surface area contributed by atoms with Crippen LogP contribution in [0.4, 0.5) is 5.82 Å². The Morgan fingerprint density at radius 3 is 2.19 bits per heavy atom. The van der Waals surface area contributed by atoms with Gasteiger partial charge in [0.25, 0.3) is 0 Å². The molecule has 5 aromatic rings. The van der Waals surface area contributed by atoms with Gasteiger partial charge in [-0.1, -0.05) is 74.5 Å². The quantitative estimate of drug-likeness (QED) is 0.239. The van der Waals surface area contributed by atoms with Crippen molar-refractivity contribution in [3.8, 4) is 0 Å². The summed E-state index contributed by atoms with van der Waals surface area (Å²) in [6.45, 7) is 10.9. The Morgan fingerprint density at radius 2 is 1.57 bits per heavy atom. The molecular weight excluding hydrogens is 476 g/mol. The average Bonchev–Trinajstić information content (AvgIpc) is 3.27. The zero-order chi connectivity index (χ0) is 25.6. The zero-order valence-electron chi connectivity index (χ0n) is 21.9. The molecule has 188 valence electrons. The van der Waals surface area contributed by atoms with E-state index in [1.165, 1.54) is 27.6 Å². The maximum absolute atomic E-state index is 6.24. The van der Waals surface area contributed by atoms with E-state index >= 15 is 0 Å². The van der Waals surface area contributed by atoms with Crippen LogP contribution in [0.1, 0.15) is 61.6 Å². The number of pyridine rings is 1. The van der Waals surface area contributed by atoms with Crippen LogP contribution in [0.25, 0.3) is 20.4 Å². The van der Waals surface area contributed by atoms with Gasteiger partial charge in [0.15, 0.2) is 5.82 Å². The summed E-state index contributed by atoms with van der Waals surface area (Å²) in [7, 11) is 0. The third kappa shape index (κ3) is 4.60. The molecular formula is C31H32N4OS. The maximum Gasteiger partial charge on any atom is 0.150 e. The Labute approximate surface area is 222 Å². The first-order valence-corrected chi connectivity index (χ1v) is 13.8. The zero-order valence-corrected chi connectivity index (χ0v) is 22.7. The molecule has 0 unspecified atom stereocenters. The Bertz CT molecular complexity index is 1520. The second kappa shape index (κ2) is 9.51. The molecule has 5 nitrogen and oxygen atoms in total. The van der Waals surface area contributed by atoms with Crippen molar-refractivity contribution < 1.29 is 4.74 Å². The van der Waals surface area contributed by atoms with E-state index in [1.807, 2.05) is 0 Å². The highest BCUT2D eigenvalue weighted by atomic mass is 32.1. The van der Waals surface area contributed by atoms with Crippen LogP contribution in [0, 0.1) is 0 Å². The second-order valence-electron chi connectivity index (χ2n) is 10.8. The van der Waals surface area contributed by atoms with Crippen molar-refractivity contribution in [1.82, 2.24) is 15.0 Å². The normalized spacial score (nSPS) is 14.8. The molecule has 1 aliphatic rings. The molecule has 0 saturated heterocycles. The highest BCUT2D eigenvalue weighted by Crippen LogP contribution is 2.44. The van der Waals surface area contributed by atoms with Gasteiger partial charge in [0, 0.05) is 30.5 Å². The van der Waals surface area contributed by atoms with Crippen LogP contribution >= 0.6 is 11.3 Å². The summed E-state index contributed by atoms with van der Waals surface area (Å²) in [5.74, 6) is 1.29. The van der Waals surface area contributed by atoms with Gasteiger partial charge in [-0.3, -0.25) is 0 Å². The number of nitrogens with zero attached hydrogens (tertiary/aromatic N) is 4. The van der Waals surface area contributed by atoms with E-state index in [0.29, 0.717) is 12.5 Å². The van der Waals surface area contributed by atoms with Crippen molar-refractivity contribution in [3.63, 3.8) is 0 Å². The van der Waals surface area contributed by atoms with Crippen LogP contribution in [-0.4, -0.2) is 20.6 Å². The lowest BCUT2D eigenvalue weighted by molar-refractivity contribution is -0.0402. The summed E-state index contributed by atoms with van der Waals surface area (Å²) >= 11 is 1.72. The summed E-state index contributed by atoms with van der Waals surface area (Å²) in [5.41, 5.74) is 7.03. The summed E-state index contributed by atoms with van der Waals surface area (Å²) in [5, 5.41) is 1.18. The Hall–Kier alpha value is -3.35.